The van der Waals surface area contributed by atoms with Gasteiger partial charge in [-0.05, 0) is 20.8 Å². The Morgan fingerprint density at radius 3 is 1.18 bits per heavy atom. The Morgan fingerprint density at radius 1 is 0.529 bits per heavy atom. The monoisotopic (exact) mass is 228 g/mol. The molecule has 0 heteroatoms. The lowest BCUT2D eigenvalue weighted by molar-refractivity contribution is 1.39. The molecule has 2 aromatic carbocycles. The second-order valence-electron chi connectivity index (χ2n) is 3.81. The molecule has 0 radical (unpaired) electrons. The average molecular weight is 228 g/mol. The van der Waals surface area contributed by atoms with Crippen molar-refractivity contribution >= 4 is 0 Å². The van der Waals surface area contributed by atoms with Gasteiger partial charge in [0.15, 0.2) is 0 Å². The Bertz CT molecular complexity index is 371. The van der Waals surface area contributed by atoms with Crippen LogP contribution in [0.1, 0.15) is 30.5 Å². The van der Waals surface area contributed by atoms with Gasteiger partial charge in [-0.2, -0.15) is 0 Å². The van der Waals surface area contributed by atoms with Crippen molar-refractivity contribution in [1.29, 1.82) is 0 Å². The summed E-state index contributed by atoms with van der Waals surface area (Å²) in [5, 5.41) is 0. The summed E-state index contributed by atoms with van der Waals surface area (Å²) in [5.74, 6) is 0. The normalized spacial score (nSPS) is 8.29. The van der Waals surface area contributed by atoms with Gasteiger partial charge in [0.05, 0.1) is 0 Å². The molecule has 0 spiro atoms. The van der Waals surface area contributed by atoms with Crippen LogP contribution in [0.2, 0.25) is 0 Å². The van der Waals surface area contributed by atoms with Crippen LogP contribution in [0.25, 0.3) is 0 Å². The van der Waals surface area contributed by atoms with Gasteiger partial charge in [0.25, 0.3) is 0 Å². The van der Waals surface area contributed by atoms with Crippen LogP contribution in [0.4, 0.5) is 0 Å². The molecule has 0 unspecified atom stereocenters. The highest BCUT2D eigenvalue weighted by molar-refractivity contribution is 5.20. The molecule has 92 valence electrons. The maximum atomic E-state index is 2.17. The summed E-state index contributed by atoms with van der Waals surface area (Å²) in [7, 11) is 0. The second kappa shape index (κ2) is 9.65. The first-order valence-electron chi connectivity index (χ1n) is 6.23. The highest BCUT2D eigenvalue weighted by Crippen LogP contribution is 2.00. The van der Waals surface area contributed by atoms with Crippen molar-refractivity contribution in [2.75, 3.05) is 0 Å². The van der Waals surface area contributed by atoms with E-state index in [9.17, 15) is 0 Å². The molecule has 0 N–H and O–H groups in total. The molecule has 0 saturated carbocycles. The van der Waals surface area contributed by atoms with Gasteiger partial charge in [-0.3, -0.25) is 0 Å². The molecule has 0 aliphatic heterocycles. The third-order valence-corrected chi connectivity index (χ3v) is 2.11. The quantitative estimate of drug-likeness (QED) is 0.572. The smallest absolute Gasteiger partial charge is 0.0398 e. The van der Waals surface area contributed by atoms with Gasteiger partial charge >= 0.3 is 0 Å². The zero-order chi connectivity index (χ0) is 13.1. The fourth-order valence-corrected chi connectivity index (χ4v) is 1.34. The molecule has 0 fully saturated rings. The predicted molar refractivity (Wildman–Crippen MR) is 78.4 cm³/mol. The molecule has 0 nitrogen and oxygen atoms in total. The lowest BCUT2D eigenvalue weighted by Crippen LogP contribution is -1.71. The summed E-state index contributed by atoms with van der Waals surface area (Å²) in [6.07, 6.45) is 0. The zero-order valence-corrected chi connectivity index (χ0v) is 11.7. The van der Waals surface area contributed by atoms with Crippen molar-refractivity contribution in [3.63, 3.8) is 0 Å². The van der Waals surface area contributed by atoms with E-state index in [0.717, 1.165) is 0 Å². The molecule has 0 amide bonds. The molecule has 0 heterocycles. The highest BCUT2D eigenvalue weighted by atomic mass is 13.9. The van der Waals surface area contributed by atoms with Gasteiger partial charge in [-0.1, -0.05) is 85.1 Å². The van der Waals surface area contributed by atoms with Crippen LogP contribution in [0.5, 0.6) is 0 Å². The van der Waals surface area contributed by atoms with Crippen molar-refractivity contribution in [1.82, 2.24) is 0 Å². The third kappa shape index (κ3) is 8.27. The number of rotatable bonds is 0. The minimum atomic E-state index is 1.32. The van der Waals surface area contributed by atoms with E-state index in [1.807, 2.05) is 32.0 Å². The summed E-state index contributed by atoms with van der Waals surface area (Å²) >= 11 is 0. The maximum Gasteiger partial charge on any atom is -0.0398 e. The van der Waals surface area contributed by atoms with E-state index >= 15 is 0 Å². The Morgan fingerprint density at radius 2 is 0.941 bits per heavy atom. The molecule has 0 atom stereocenters. The van der Waals surface area contributed by atoms with Gasteiger partial charge in [0.1, 0.15) is 0 Å². The number of hydrogen-bond acceptors (Lipinski definition) is 0. The molecule has 0 saturated heterocycles. The molecule has 17 heavy (non-hydrogen) atoms. The third-order valence-electron chi connectivity index (χ3n) is 2.11. The van der Waals surface area contributed by atoms with E-state index in [-0.39, 0.29) is 0 Å². The van der Waals surface area contributed by atoms with Gasteiger partial charge < -0.3 is 0 Å². The summed E-state index contributed by atoms with van der Waals surface area (Å²) < 4.78 is 0. The molecular formula is C17H24. The topological polar surface area (TPSA) is 0 Å². The largest absolute Gasteiger partial charge is 0.0683 e. The first-order valence-corrected chi connectivity index (χ1v) is 6.23. The minimum Gasteiger partial charge on any atom is -0.0683 e. The van der Waals surface area contributed by atoms with Crippen molar-refractivity contribution in [2.45, 2.75) is 34.6 Å². The number of aryl methyl sites for hydroxylation is 3. The van der Waals surface area contributed by atoms with E-state index in [1.165, 1.54) is 16.7 Å². The average Bonchev–Trinajstić information content (AvgIpc) is 2.33. The van der Waals surface area contributed by atoms with Crippen molar-refractivity contribution in [2.24, 2.45) is 0 Å². The lowest BCUT2D eigenvalue weighted by Gasteiger charge is -1.90. The van der Waals surface area contributed by atoms with Crippen LogP contribution in [0, 0.1) is 20.8 Å². The molecular weight excluding hydrogens is 204 g/mol. The minimum absolute atomic E-state index is 1.32. The van der Waals surface area contributed by atoms with E-state index in [4.69, 9.17) is 0 Å². The molecule has 2 aromatic rings. The van der Waals surface area contributed by atoms with Crippen LogP contribution in [-0.2, 0) is 0 Å². The van der Waals surface area contributed by atoms with E-state index in [1.54, 1.807) is 0 Å². The molecule has 0 aliphatic rings. The fraction of sp³-hybridized carbons (Fsp3) is 0.294. The van der Waals surface area contributed by atoms with Crippen LogP contribution < -0.4 is 0 Å². The zero-order valence-electron chi connectivity index (χ0n) is 11.7. The van der Waals surface area contributed by atoms with Crippen LogP contribution in [-0.4, -0.2) is 0 Å². The van der Waals surface area contributed by atoms with Crippen LogP contribution in [0.15, 0.2) is 54.6 Å². The number of hydrogen-bond donors (Lipinski definition) is 0. The lowest BCUT2D eigenvalue weighted by atomic mass is 10.2. The Balaban J connectivity index is 0.000000265. The number of benzene rings is 2. The highest BCUT2D eigenvalue weighted by Gasteiger charge is 1.80. The van der Waals surface area contributed by atoms with Gasteiger partial charge in [0.2, 0.25) is 0 Å². The fourth-order valence-electron chi connectivity index (χ4n) is 1.34. The summed E-state index contributed by atoms with van der Waals surface area (Å²) in [6, 6.07) is 18.7. The van der Waals surface area contributed by atoms with Gasteiger partial charge in [-0.15, -0.1) is 0 Å². The second-order valence-corrected chi connectivity index (χ2v) is 3.81. The Hall–Kier alpha value is -1.56. The molecule has 2 rings (SSSR count). The predicted octanol–water partition coefficient (Wildman–Crippen LogP) is 5.32. The first kappa shape index (κ1) is 15.4. The Kier molecular flexibility index (Phi) is 8.77. The molecule has 0 aliphatic carbocycles. The Labute approximate surface area is 106 Å². The van der Waals surface area contributed by atoms with Crippen molar-refractivity contribution in [3.8, 4) is 0 Å². The molecule has 0 bridgehead atoms. The standard InChI is InChI=1S/C8H10.C7H8.C2H6/c1-7-4-3-5-8(2)6-7;1-7-5-3-2-4-6-7;1-2/h3-6H,1-2H3;2-6H,1H3;1-2H3. The summed E-state index contributed by atoms with van der Waals surface area (Å²) in [5.41, 5.74) is 4.00. The maximum absolute atomic E-state index is 2.17. The van der Waals surface area contributed by atoms with Crippen molar-refractivity contribution < 1.29 is 0 Å². The van der Waals surface area contributed by atoms with E-state index in [2.05, 4.69) is 57.2 Å². The van der Waals surface area contributed by atoms with Crippen LogP contribution >= 0.6 is 0 Å². The van der Waals surface area contributed by atoms with Gasteiger partial charge in [-0.25, -0.2) is 0 Å². The first-order chi connectivity index (χ1) is 8.18. The van der Waals surface area contributed by atoms with Crippen LogP contribution in [0.3, 0.4) is 0 Å². The summed E-state index contributed by atoms with van der Waals surface area (Å²) in [6.45, 7) is 10.3. The summed E-state index contributed by atoms with van der Waals surface area (Å²) in [4.78, 5) is 0. The van der Waals surface area contributed by atoms with E-state index < -0.39 is 0 Å². The SMILES string of the molecule is CC.Cc1cccc(C)c1.Cc1ccccc1. The van der Waals surface area contributed by atoms with E-state index in [0.29, 0.717) is 0 Å². The molecule has 0 aromatic heterocycles. The van der Waals surface area contributed by atoms with Crippen molar-refractivity contribution in [3.05, 3.63) is 71.3 Å². The van der Waals surface area contributed by atoms with Gasteiger partial charge in [0, 0.05) is 0 Å².